The third kappa shape index (κ3) is 4.02. The number of aromatic nitrogens is 1. The van der Waals surface area contributed by atoms with Crippen LogP contribution in [0.3, 0.4) is 0 Å². The predicted molar refractivity (Wildman–Crippen MR) is 78.2 cm³/mol. The molecule has 2 heterocycles. The zero-order valence-corrected chi connectivity index (χ0v) is 12.1. The lowest BCUT2D eigenvalue weighted by atomic mass is 9.87. The lowest BCUT2D eigenvalue weighted by Gasteiger charge is -2.28. The molecule has 106 valence electrons. The molecule has 3 atom stereocenters. The molecule has 1 aliphatic rings. The summed E-state index contributed by atoms with van der Waals surface area (Å²) in [6, 6.07) is 4.70. The fourth-order valence-corrected chi connectivity index (χ4v) is 3.02. The first-order valence-electron chi connectivity index (χ1n) is 7.59. The molecule has 1 aliphatic heterocycles. The van der Waals surface area contributed by atoms with E-state index >= 15 is 0 Å². The van der Waals surface area contributed by atoms with Gasteiger partial charge in [-0.3, -0.25) is 4.98 Å². The summed E-state index contributed by atoms with van der Waals surface area (Å²) >= 11 is 0. The summed E-state index contributed by atoms with van der Waals surface area (Å²) in [5.74, 6) is 0.636. The van der Waals surface area contributed by atoms with Crippen LogP contribution in [0.2, 0.25) is 0 Å². The molecule has 1 saturated heterocycles. The summed E-state index contributed by atoms with van der Waals surface area (Å²) in [6.45, 7) is 6.44. The summed E-state index contributed by atoms with van der Waals surface area (Å²) in [5.41, 5.74) is 1.32. The van der Waals surface area contributed by atoms with E-state index in [1.807, 2.05) is 18.5 Å². The molecule has 3 unspecified atom stereocenters. The van der Waals surface area contributed by atoms with Gasteiger partial charge >= 0.3 is 0 Å². The van der Waals surface area contributed by atoms with Gasteiger partial charge in [-0.1, -0.05) is 19.9 Å². The van der Waals surface area contributed by atoms with Crippen molar-refractivity contribution in [3.63, 3.8) is 0 Å². The molecule has 1 fully saturated rings. The van der Waals surface area contributed by atoms with Crippen LogP contribution in [0.4, 0.5) is 0 Å². The topological polar surface area (TPSA) is 34.2 Å². The zero-order valence-electron chi connectivity index (χ0n) is 12.1. The van der Waals surface area contributed by atoms with Gasteiger partial charge in [-0.2, -0.15) is 0 Å². The first-order valence-corrected chi connectivity index (χ1v) is 7.59. The van der Waals surface area contributed by atoms with E-state index in [9.17, 15) is 0 Å². The third-order valence-electron chi connectivity index (χ3n) is 4.01. The van der Waals surface area contributed by atoms with E-state index in [0.717, 1.165) is 26.0 Å². The van der Waals surface area contributed by atoms with Crippen molar-refractivity contribution in [2.24, 2.45) is 5.92 Å². The molecule has 3 nitrogen and oxygen atoms in total. The van der Waals surface area contributed by atoms with E-state index in [2.05, 4.69) is 30.2 Å². The second-order valence-corrected chi connectivity index (χ2v) is 5.40. The minimum absolute atomic E-state index is 0.422. The average Bonchev–Trinajstić information content (AvgIpc) is 2.93. The van der Waals surface area contributed by atoms with E-state index in [0.29, 0.717) is 18.1 Å². The van der Waals surface area contributed by atoms with Crippen LogP contribution in [0.25, 0.3) is 0 Å². The summed E-state index contributed by atoms with van der Waals surface area (Å²) in [7, 11) is 0. The van der Waals surface area contributed by atoms with Crippen LogP contribution in [0.1, 0.15) is 38.7 Å². The van der Waals surface area contributed by atoms with Crippen molar-refractivity contribution in [1.29, 1.82) is 0 Å². The Hall–Kier alpha value is -0.930. The Kier molecular flexibility index (Phi) is 5.80. The van der Waals surface area contributed by atoms with E-state index in [1.165, 1.54) is 18.4 Å². The standard InChI is InChI=1S/C16H26N2O/c1-3-8-18-15(11-13-6-5-9-17-12-13)14-7-10-19-16(14)4-2/h5-6,9,12,14-16,18H,3-4,7-8,10-11H2,1-2H3. The van der Waals surface area contributed by atoms with Gasteiger partial charge in [0.2, 0.25) is 0 Å². The second-order valence-electron chi connectivity index (χ2n) is 5.40. The SMILES string of the molecule is CCCNC(Cc1cccnc1)C1CCOC1CC. The highest BCUT2D eigenvalue weighted by Crippen LogP contribution is 2.28. The molecule has 0 radical (unpaired) electrons. The molecule has 1 aromatic heterocycles. The summed E-state index contributed by atoms with van der Waals surface area (Å²) in [4.78, 5) is 4.22. The lowest BCUT2D eigenvalue weighted by Crippen LogP contribution is -2.41. The molecular weight excluding hydrogens is 236 g/mol. The van der Waals surface area contributed by atoms with Gasteiger partial charge in [0.25, 0.3) is 0 Å². The van der Waals surface area contributed by atoms with Crippen LogP contribution in [-0.4, -0.2) is 30.3 Å². The maximum absolute atomic E-state index is 5.86. The maximum Gasteiger partial charge on any atom is 0.0616 e. The Balaban J connectivity index is 2.02. The Morgan fingerprint density at radius 2 is 2.37 bits per heavy atom. The first-order chi connectivity index (χ1) is 9.35. The number of nitrogens with one attached hydrogen (secondary N) is 1. The molecule has 19 heavy (non-hydrogen) atoms. The monoisotopic (exact) mass is 262 g/mol. The Bertz CT molecular complexity index is 355. The maximum atomic E-state index is 5.86. The molecule has 0 bridgehead atoms. The fourth-order valence-electron chi connectivity index (χ4n) is 3.02. The van der Waals surface area contributed by atoms with Crippen LogP contribution >= 0.6 is 0 Å². The van der Waals surface area contributed by atoms with Crippen molar-refractivity contribution in [1.82, 2.24) is 10.3 Å². The van der Waals surface area contributed by atoms with Gasteiger partial charge < -0.3 is 10.1 Å². The molecule has 0 saturated carbocycles. The van der Waals surface area contributed by atoms with Crippen molar-refractivity contribution in [2.75, 3.05) is 13.2 Å². The Labute approximate surface area is 116 Å². The van der Waals surface area contributed by atoms with E-state index in [1.54, 1.807) is 0 Å². The largest absolute Gasteiger partial charge is 0.378 e. The van der Waals surface area contributed by atoms with Crippen LogP contribution in [0.5, 0.6) is 0 Å². The third-order valence-corrected chi connectivity index (χ3v) is 4.01. The van der Waals surface area contributed by atoms with Crippen LogP contribution < -0.4 is 5.32 Å². The number of pyridine rings is 1. The molecule has 0 spiro atoms. The molecule has 0 amide bonds. The summed E-state index contributed by atoms with van der Waals surface area (Å²) in [6.07, 6.45) is 8.77. The number of hydrogen-bond acceptors (Lipinski definition) is 3. The van der Waals surface area contributed by atoms with Crippen molar-refractivity contribution in [3.8, 4) is 0 Å². The van der Waals surface area contributed by atoms with Gasteiger partial charge in [-0.25, -0.2) is 0 Å². The van der Waals surface area contributed by atoms with Gasteiger partial charge in [-0.15, -0.1) is 0 Å². The highest BCUT2D eigenvalue weighted by atomic mass is 16.5. The smallest absolute Gasteiger partial charge is 0.0616 e. The van der Waals surface area contributed by atoms with E-state index in [-0.39, 0.29) is 0 Å². The molecular formula is C16H26N2O. The van der Waals surface area contributed by atoms with Crippen LogP contribution in [0, 0.1) is 5.92 Å². The van der Waals surface area contributed by atoms with Gasteiger partial charge in [0.1, 0.15) is 0 Å². The molecule has 3 heteroatoms. The fraction of sp³-hybridized carbons (Fsp3) is 0.688. The highest BCUT2D eigenvalue weighted by molar-refractivity contribution is 5.11. The van der Waals surface area contributed by atoms with Crippen molar-refractivity contribution in [3.05, 3.63) is 30.1 Å². The summed E-state index contributed by atoms with van der Waals surface area (Å²) in [5, 5.41) is 3.72. The quantitative estimate of drug-likeness (QED) is 0.820. The van der Waals surface area contributed by atoms with Crippen LogP contribution in [-0.2, 0) is 11.2 Å². The van der Waals surface area contributed by atoms with Gasteiger partial charge in [0.05, 0.1) is 6.10 Å². The van der Waals surface area contributed by atoms with Gasteiger partial charge in [-0.05, 0) is 43.9 Å². The molecule has 1 N–H and O–H groups in total. The molecule has 1 aromatic rings. The molecule has 0 aliphatic carbocycles. The van der Waals surface area contributed by atoms with E-state index < -0.39 is 0 Å². The number of hydrogen-bond donors (Lipinski definition) is 1. The minimum atomic E-state index is 0.422. The normalized spacial score (nSPS) is 24.5. The molecule has 2 rings (SSSR count). The number of ether oxygens (including phenoxy) is 1. The van der Waals surface area contributed by atoms with Crippen molar-refractivity contribution < 1.29 is 4.74 Å². The van der Waals surface area contributed by atoms with Crippen LogP contribution in [0.15, 0.2) is 24.5 Å². The number of nitrogens with zero attached hydrogens (tertiary/aromatic N) is 1. The van der Waals surface area contributed by atoms with Gasteiger partial charge in [0, 0.05) is 31.0 Å². The van der Waals surface area contributed by atoms with E-state index in [4.69, 9.17) is 4.74 Å². The molecule has 0 aromatic carbocycles. The first kappa shape index (κ1) is 14.5. The zero-order chi connectivity index (χ0) is 13.5. The second kappa shape index (κ2) is 7.61. The number of rotatable bonds is 7. The minimum Gasteiger partial charge on any atom is -0.378 e. The van der Waals surface area contributed by atoms with Crippen molar-refractivity contribution in [2.45, 2.75) is 51.7 Å². The highest BCUT2D eigenvalue weighted by Gasteiger charge is 2.33. The summed E-state index contributed by atoms with van der Waals surface area (Å²) < 4.78 is 5.86. The average molecular weight is 262 g/mol. The lowest BCUT2D eigenvalue weighted by molar-refractivity contribution is 0.0774. The predicted octanol–water partition coefficient (Wildman–Crippen LogP) is 2.81. The van der Waals surface area contributed by atoms with Crippen molar-refractivity contribution >= 4 is 0 Å². The Morgan fingerprint density at radius 3 is 3.05 bits per heavy atom. The van der Waals surface area contributed by atoms with Gasteiger partial charge in [0.15, 0.2) is 0 Å². The Morgan fingerprint density at radius 1 is 1.47 bits per heavy atom.